The van der Waals surface area contributed by atoms with E-state index in [-0.39, 0.29) is 6.42 Å². The average molecular weight is 468 g/mol. The van der Waals surface area contributed by atoms with Crippen molar-refractivity contribution in [1.29, 1.82) is 0 Å². The Labute approximate surface area is 203 Å². The fourth-order valence-electron chi connectivity index (χ4n) is 4.06. The maximum Gasteiger partial charge on any atom is 0.345 e. The summed E-state index contributed by atoms with van der Waals surface area (Å²) in [7, 11) is 0. The van der Waals surface area contributed by atoms with E-state index in [1.54, 1.807) is 12.1 Å². The number of rotatable bonds is 9. The van der Waals surface area contributed by atoms with Crippen LogP contribution < -0.4 is 19.1 Å². The number of carboxylic acids is 1. The lowest BCUT2D eigenvalue weighted by molar-refractivity contribution is -0.145. The van der Waals surface area contributed by atoms with Crippen LogP contribution in [0.4, 0.5) is 11.4 Å². The predicted molar refractivity (Wildman–Crippen MR) is 134 cm³/mol. The summed E-state index contributed by atoms with van der Waals surface area (Å²) in [6.07, 6.45) is -0.711. The number of ether oxygens (including phenoxy) is 3. The van der Waals surface area contributed by atoms with E-state index in [1.807, 2.05) is 91.0 Å². The van der Waals surface area contributed by atoms with Gasteiger partial charge in [-0.25, -0.2) is 4.79 Å². The number of benzene rings is 4. The largest absolute Gasteiger partial charge is 0.492 e. The molecule has 6 nitrogen and oxygen atoms in total. The van der Waals surface area contributed by atoms with Gasteiger partial charge in [-0.2, -0.15) is 0 Å². The Kier molecular flexibility index (Phi) is 6.52. The number of hydrogen-bond donors (Lipinski definition) is 1. The van der Waals surface area contributed by atoms with E-state index < -0.39 is 12.1 Å². The monoisotopic (exact) mass is 467 g/mol. The van der Waals surface area contributed by atoms with Gasteiger partial charge < -0.3 is 24.2 Å². The normalized spacial score (nSPS) is 12.6. The quantitative estimate of drug-likeness (QED) is 0.322. The first kappa shape index (κ1) is 22.3. The van der Waals surface area contributed by atoms with Crippen molar-refractivity contribution in [2.75, 3.05) is 18.1 Å². The molecular weight excluding hydrogens is 442 g/mol. The van der Waals surface area contributed by atoms with Crippen LogP contribution in [0.5, 0.6) is 23.0 Å². The second kappa shape index (κ2) is 10.2. The summed E-state index contributed by atoms with van der Waals surface area (Å²) >= 11 is 0. The molecule has 1 aliphatic heterocycles. The van der Waals surface area contributed by atoms with Gasteiger partial charge in [-0.3, -0.25) is 0 Å². The van der Waals surface area contributed by atoms with Gasteiger partial charge in [0.05, 0.1) is 17.9 Å². The van der Waals surface area contributed by atoms with Crippen LogP contribution in [-0.4, -0.2) is 30.3 Å². The van der Waals surface area contributed by atoms with Crippen LogP contribution in [0.1, 0.15) is 5.56 Å². The highest BCUT2D eigenvalue weighted by Gasteiger charge is 2.23. The maximum atomic E-state index is 11.7. The van der Waals surface area contributed by atoms with E-state index in [0.717, 1.165) is 34.2 Å². The lowest BCUT2D eigenvalue weighted by Gasteiger charge is -2.32. The van der Waals surface area contributed by atoms with Gasteiger partial charge in [-0.05, 0) is 54.1 Å². The molecule has 6 heteroatoms. The molecule has 0 aromatic heterocycles. The zero-order chi connectivity index (χ0) is 24.0. The molecule has 0 saturated carbocycles. The Bertz CT molecular complexity index is 1240. The Balaban J connectivity index is 1.21. The van der Waals surface area contributed by atoms with E-state index >= 15 is 0 Å². The van der Waals surface area contributed by atoms with Crippen LogP contribution in [-0.2, 0) is 11.2 Å². The summed E-state index contributed by atoms with van der Waals surface area (Å²) in [5.41, 5.74) is 2.86. The van der Waals surface area contributed by atoms with Crippen molar-refractivity contribution in [3.05, 3.63) is 109 Å². The van der Waals surface area contributed by atoms with Gasteiger partial charge in [0, 0.05) is 6.42 Å². The SMILES string of the molecule is O=C(O)[C@H](Cc1ccc(OCCN2c3ccccc3Oc3ccccc32)cc1)Oc1ccccc1. The molecule has 1 aliphatic rings. The topological polar surface area (TPSA) is 68.2 Å². The van der Waals surface area contributed by atoms with Crippen LogP contribution in [0.3, 0.4) is 0 Å². The number of carboxylic acid groups (broad SMARTS) is 1. The second-order valence-corrected chi connectivity index (χ2v) is 8.14. The summed E-state index contributed by atoms with van der Waals surface area (Å²) in [6, 6.07) is 32.4. The standard InChI is InChI=1S/C29H25NO5/c31-29(32)28(34-23-8-2-1-3-9-23)20-21-14-16-22(17-15-21)33-19-18-30-24-10-4-6-12-26(24)35-27-13-7-5-11-25(27)30/h1-17,28H,18-20H2,(H,31,32)/t28-/m0/s1. The van der Waals surface area contributed by atoms with Crippen molar-refractivity contribution in [3.8, 4) is 23.0 Å². The molecule has 4 aromatic carbocycles. The number of hydrogen-bond acceptors (Lipinski definition) is 5. The van der Waals surface area contributed by atoms with Crippen molar-refractivity contribution in [2.24, 2.45) is 0 Å². The van der Waals surface area contributed by atoms with Gasteiger partial charge in [-0.1, -0.05) is 54.6 Å². The molecule has 35 heavy (non-hydrogen) atoms. The summed E-state index contributed by atoms with van der Waals surface area (Å²) in [5.74, 6) is 1.90. The van der Waals surface area contributed by atoms with Crippen LogP contribution in [0, 0.1) is 0 Å². The number of carbonyl (C=O) groups is 1. The Morgan fingerprint density at radius 3 is 2.00 bits per heavy atom. The molecule has 0 unspecified atom stereocenters. The minimum atomic E-state index is -1.000. The van der Waals surface area contributed by atoms with Gasteiger partial charge in [0.15, 0.2) is 17.6 Å². The minimum absolute atomic E-state index is 0.256. The van der Waals surface area contributed by atoms with Gasteiger partial charge in [0.2, 0.25) is 0 Å². The average Bonchev–Trinajstić information content (AvgIpc) is 2.89. The van der Waals surface area contributed by atoms with Crippen LogP contribution >= 0.6 is 0 Å². The molecule has 176 valence electrons. The molecule has 1 N–H and O–H groups in total. The van der Waals surface area contributed by atoms with Gasteiger partial charge >= 0.3 is 5.97 Å². The lowest BCUT2D eigenvalue weighted by atomic mass is 10.1. The van der Waals surface area contributed by atoms with E-state index in [4.69, 9.17) is 14.2 Å². The number of fused-ring (bicyclic) bond motifs is 2. The summed E-state index contributed by atoms with van der Waals surface area (Å²) < 4.78 is 17.7. The van der Waals surface area contributed by atoms with Gasteiger partial charge in [0.1, 0.15) is 18.1 Å². The highest BCUT2D eigenvalue weighted by molar-refractivity contribution is 5.77. The van der Waals surface area contributed by atoms with Crippen LogP contribution in [0.2, 0.25) is 0 Å². The summed E-state index contributed by atoms with van der Waals surface area (Å²) in [4.78, 5) is 13.9. The second-order valence-electron chi connectivity index (χ2n) is 8.14. The van der Waals surface area contributed by atoms with Crippen molar-refractivity contribution < 1.29 is 24.1 Å². The summed E-state index contributed by atoms with van der Waals surface area (Å²) in [6.45, 7) is 1.11. The molecule has 0 aliphatic carbocycles. The predicted octanol–water partition coefficient (Wildman–Crippen LogP) is 6.08. The third kappa shape index (κ3) is 5.22. The first-order valence-corrected chi connectivity index (χ1v) is 11.5. The molecule has 0 spiro atoms. The Morgan fingerprint density at radius 2 is 1.37 bits per heavy atom. The fraction of sp³-hybridized carbons (Fsp3) is 0.138. The molecule has 0 bridgehead atoms. The number of nitrogens with zero attached hydrogens (tertiary/aromatic N) is 1. The highest BCUT2D eigenvalue weighted by atomic mass is 16.5. The number of anilines is 2. The third-order valence-electron chi connectivity index (χ3n) is 5.76. The van der Waals surface area contributed by atoms with E-state index in [0.29, 0.717) is 18.9 Å². The molecule has 0 saturated heterocycles. The molecule has 0 radical (unpaired) electrons. The first-order valence-electron chi connectivity index (χ1n) is 11.5. The van der Waals surface area contributed by atoms with Crippen molar-refractivity contribution in [2.45, 2.75) is 12.5 Å². The maximum absolute atomic E-state index is 11.7. The summed E-state index contributed by atoms with van der Waals surface area (Å²) in [5, 5.41) is 9.57. The third-order valence-corrected chi connectivity index (χ3v) is 5.76. The van der Waals surface area contributed by atoms with Crippen LogP contribution in [0.15, 0.2) is 103 Å². The van der Waals surface area contributed by atoms with Crippen molar-refractivity contribution in [3.63, 3.8) is 0 Å². The highest BCUT2D eigenvalue weighted by Crippen LogP contribution is 2.45. The Hall–Kier alpha value is -4.45. The fourth-order valence-corrected chi connectivity index (χ4v) is 4.06. The van der Waals surface area contributed by atoms with Gasteiger partial charge in [-0.15, -0.1) is 0 Å². The van der Waals surface area contributed by atoms with E-state index in [2.05, 4.69) is 4.90 Å². The smallest absolute Gasteiger partial charge is 0.345 e. The molecule has 4 aromatic rings. The molecule has 1 atom stereocenters. The molecule has 0 amide bonds. The van der Waals surface area contributed by atoms with Gasteiger partial charge in [0.25, 0.3) is 0 Å². The zero-order valence-electron chi connectivity index (χ0n) is 19.0. The van der Waals surface area contributed by atoms with Crippen molar-refractivity contribution in [1.82, 2.24) is 0 Å². The molecule has 1 heterocycles. The number of para-hydroxylation sites is 5. The molecule has 0 fully saturated rings. The lowest BCUT2D eigenvalue weighted by Crippen LogP contribution is -2.29. The molecular formula is C29H25NO5. The van der Waals surface area contributed by atoms with E-state index in [9.17, 15) is 9.90 Å². The van der Waals surface area contributed by atoms with E-state index in [1.165, 1.54) is 0 Å². The van der Waals surface area contributed by atoms with Crippen molar-refractivity contribution >= 4 is 17.3 Å². The minimum Gasteiger partial charge on any atom is -0.492 e. The first-order chi connectivity index (χ1) is 17.2. The number of aliphatic carboxylic acids is 1. The Morgan fingerprint density at radius 1 is 0.771 bits per heavy atom. The zero-order valence-corrected chi connectivity index (χ0v) is 19.0. The molecule has 5 rings (SSSR count). The van der Waals surface area contributed by atoms with Crippen LogP contribution in [0.25, 0.3) is 0 Å².